The molecule has 0 aliphatic carbocycles. The summed E-state index contributed by atoms with van der Waals surface area (Å²) in [5, 5.41) is 3.21. The van der Waals surface area contributed by atoms with E-state index in [2.05, 4.69) is 21.2 Å². The number of rotatable bonds is 3. The largest absolute Gasteiger partial charge is 0.346 e. The fourth-order valence-electron chi connectivity index (χ4n) is 1.10. The molecule has 0 aliphatic heterocycles. The zero-order valence-electron chi connectivity index (χ0n) is 9.85. The van der Waals surface area contributed by atoms with Gasteiger partial charge in [0.25, 0.3) is 5.91 Å². The number of nitrogens with one attached hydrogen (secondary N) is 1. The van der Waals surface area contributed by atoms with Gasteiger partial charge >= 0.3 is 0 Å². The molecule has 0 saturated carbocycles. The third-order valence-corrected chi connectivity index (χ3v) is 4.39. The summed E-state index contributed by atoms with van der Waals surface area (Å²) in [4.78, 5) is 12.0. The fraction of sp³-hybridized carbons (Fsp3) is 0.417. The molecule has 0 radical (unpaired) electrons. The van der Waals surface area contributed by atoms with Gasteiger partial charge in [0.05, 0.1) is 15.9 Å². The normalized spacial score (nSPS) is 13.3. The molecule has 0 heterocycles. The summed E-state index contributed by atoms with van der Waals surface area (Å²) in [6.45, 7) is 5.60. The highest BCUT2D eigenvalue weighted by Gasteiger charge is 2.26. The van der Waals surface area contributed by atoms with Crippen LogP contribution in [0.25, 0.3) is 0 Å². The lowest BCUT2D eigenvalue weighted by Gasteiger charge is -2.29. The van der Waals surface area contributed by atoms with Crippen LogP contribution in [-0.4, -0.2) is 16.8 Å². The molecule has 0 saturated heterocycles. The Kier molecular flexibility index (Phi) is 4.87. The molecule has 1 aromatic rings. The van der Waals surface area contributed by atoms with Crippen LogP contribution in [0.2, 0.25) is 5.02 Å². The number of halogens is 3. The number of carbonyl (C=O) groups is 1. The lowest BCUT2D eigenvalue weighted by Crippen LogP contribution is -2.49. The molecule has 1 atom stereocenters. The summed E-state index contributed by atoms with van der Waals surface area (Å²) < 4.78 is 0.765. The van der Waals surface area contributed by atoms with Crippen molar-refractivity contribution in [2.45, 2.75) is 31.7 Å². The molecular weight excluding hydrogens is 325 g/mol. The van der Waals surface area contributed by atoms with E-state index in [9.17, 15) is 4.79 Å². The van der Waals surface area contributed by atoms with Crippen molar-refractivity contribution in [2.24, 2.45) is 0 Å². The van der Waals surface area contributed by atoms with Gasteiger partial charge in [0, 0.05) is 10.0 Å². The summed E-state index contributed by atoms with van der Waals surface area (Å²) in [5.41, 5.74) is 0.0432. The van der Waals surface area contributed by atoms with E-state index in [-0.39, 0.29) is 11.3 Å². The molecule has 0 aromatic heterocycles. The zero-order chi connectivity index (χ0) is 13.2. The van der Waals surface area contributed by atoms with Crippen LogP contribution in [0, 0.1) is 0 Å². The van der Waals surface area contributed by atoms with Crippen molar-refractivity contribution in [1.29, 1.82) is 0 Å². The maximum atomic E-state index is 12.0. The summed E-state index contributed by atoms with van der Waals surface area (Å²) in [5.74, 6) is -0.183. The Labute approximate surface area is 120 Å². The highest BCUT2D eigenvalue weighted by Crippen LogP contribution is 2.24. The van der Waals surface area contributed by atoms with Gasteiger partial charge in [-0.2, -0.15) is 0 Å². The van der Waals surface area contributed by atoms with Crippen LogP contribution in [0.5, 0.6) is 0 Å². The Morgan fingerprint density at radius 2 is 2.06 bits per heavy atom. The summed E-state index contributed by atoms with van der Waals surface area (Å²) in [6, 6.07) is 5.07. The first-order valence-electron chi connectivity index (χ1n) is 5.15. The Hall–Kier alpha value is -0.250. The van der Waals surface area contributed by atoms with E-state index in [0.717, 1.165) is 4.47 Å². The smallest absolute Gasteiger partial charge is 0.251 e. The molecule has 94 valence electrons. The average molecular weight is 339 g/mol. The van der Waals surface area contributed by atoms with Gasteiger partial charge in [-0.15, -0.1) is 11.6 Å². The Morgan fingerprint density at radius 1 is 1.47 bits per heavy atom. The molecule has 1 amide bonds. The monoisotopic (exact) mass is 337 g/mol. The molecule has 0 spiro atoms. The van der Waals surface area contributed by atoms with E-state index in [4.69, 9.17) is 23.2 Å². The maximum absolute atomic E-state index is 12.0. The van der Waals surface area contributed by atoms with Gasteiger partial charge in [-0.1, -0.05) is 11.6 Å². The number of benzene rings is 1. The van der Waals surface area contributed by atoms with Gasteiger partial charge in [-0.3, -0.25) is 4.79 Å². The minimum Gasteiger partial charge on any atom is -0.346 e. The highest BCUT2D eigenvalue weighted by atomic mass is 79.9. The van der Waals surface area contributed by atoms with Crippen LogP contribution in [0.3, 0.4) is 0 Å². The summed E-state index contributed by atoms with van der Waals surface area (Å²) in [7, 11) is 0. The van der Waals surface area contributed by atoms with Crippen molar-refractivity contribution in [3.63, 3.8) is 0 Å². The second-order valence-electron chi connectivity index (χ2n) is 4.42. The predicted molar refractivity (Wildman–Crippen MR) is 76.0 cm³/mol. The second-order valence-corrected chi connectivity index (χ2v) is 6.34. The van der Waals surface area contributed by atoms with Crippen LogP contribution in [0.4, 0.5) is 0 Å². The lowest BCUT2D eigenvalue weighted by molar-refractivity contribution is 0.0912. The maximum Gasteiger partial charge on any atom is 0.251 e. The Morgan fingerprint density at radius 3 is 2.53 bits per heavy atom. The SMILES string of the molecule is CC(Cl)C(C)(C)NC(=O)c1ccc(Br)c(Cl)c1. The van der Waals surface area contributed by atoms with Gasteiger partial charge in [-0.05, 0) is 54.9 Å². The van der Waals surface area contributed by atoms with Gasteiger partial charge in [0.1, 0.15) is 0 Å². The Balaban J connectivity index is 2.87. The van der Waals surface area contributed by atoms with Crippen molar-refractivity contribution >= 4 is 45.0 Å². The number of hydrogen-bond donors (Lipinski definition) is 1. The lowest BCUT2D eigenvalue weighted by atomic mass is 10.0. The average Bonchev–Trinajstić information content (AvgIpc) is 2.21. The summed E-state index contributed by atoms with van der Waals surface area (Å²) >= 11 is 15.2. The highest BCUT2D eigenvalue weighted by molar-refractivity contribution is 9.10. The fourth-order valence-corrected chi connectivity index (χ4v) is 1.58. The molecule has 2 nitrogen and oxygen atoms in total. The molecular formula is C12H14BrCl2NO. The minimum absolute atomic E-state index is 0.169. The number of alkyl halides is 1. The standard InChI is InChI=1S/C12H14BrCl2NO/c1-7(14)12(2,3)16-11(17)8-4-5-9(13)10(15)6-8/h4-7H,1-3H3,(H,16,17). The van der Waals surface area contributed by atoms with Gasteiger partial charge in [0.2, 0.25) is 0 Å². The van der Waals surface area contributed by atoms with Crippen LogP contribution in [0.1, 0.15) is 31.1 Å². The quantitative estimate of drug-likeness (QED) is 0.820. The molecule has 1 unspecified atom stereocenters. The number of hydrogen-bond acceptors (Lipinski definition) is 1. The summed E-state index contributed by atoms with van der Waals surface area (Å²) in [6.07, 6.45) is 0. The van der Waals surface area contributed by atoms with Crippen LogP contribution in [-0.2, 0) is 0 Å². The number of carbonyl (C=O) groups excluding carboxylic acids is 1. The molecule has 5 heteroatoms. The van der Waals surface area contributed by atoms with E-state index in [0.29, 0.717) is 10.6 Å². The predicted octanol–water partition coefficient (Wildman–Crippen LogP) is 4.24. The van der Waals surface area contributed by atoms with Gasteiger partial charge < -0.3 is 5.32 Å². The molecule has 1 N–H and O–H groups in total. The molecule has 1 rings (SSSR count). The van der Waals surface area contributed by atoms with E-state index in [1.54, 1.807) is 18.2 Å². The van der Waals surface area contributed by atoms with E-state index < -0.39 is 5.54 Å². The molecule has 17 heavy (non-hydrogen) atoms. The topological polar surface area (TPSA) is 29.1 Å². The third-order valence-electron chi connectivity index (χ3n) is 2.61. The first-order valence-corrected chi connectivity index (χ1v) is 6.76. The minimum atomic E-state index is -0.474. The van der Waals surface area contributed by atoms with E-state index in [1.807, 2.05) is 20.8 Å². The first-order chi connectivity index (χ1) is 7.74. The molecule has 0 aliphatic rings. The first kappa shape index (κ1) is 14.8. The van der Waals surface area contributed by atoms with E-state index in [1.165, 1.54) is 0 Å². The van der Waals surface area contributed by atoms with Crippen LogP contribution < -0.4 is 5.32 Å². The number of amides is 1. The van der Waals surface area contributed by atoms with Crippen molar-refractivity contribution in [2.75, 3.05) is 0 Å². The second kappa shape index (κ2) is 5.59. The Bertz CT molecular complexity index is 433. The van der Waals surface area contributed by atoms with Crippen LogP contribution >= 0.6 is 39.1 Å². The van der Waals surface area contributed by atoms with Crippen molar-refractivity contribution in [3.8, 4) is 0 Å². The molecule has 1 aromatic carbocycles. The molecule has 0 fully saturated rings. The third kappa shape index (κ3) is 3.87. The van der Waals surface area contributed by atoms with Gasteiger partial charge in [0.15, 0.2) is 0 Å². The van der Waals surface area contributed by atoms with Gasteiger partial charge in [-0.25, -0.2) is 0 Å². The van der Waals surface area contributed by atoms with Crippen molar-refractivity contribution in [3.05, 3.63) is 33.3 Å². The molecule has 0 bridgehead atoms. The van der Waals surface area contributed by atoms with Crippen LogP contribution in [0.15, 0.2) is 22.7 Å². The van der Waals surface area contributed by atoms with Crippen molar-refractivity contribution in [1.82, 2.24) is 5.32 Å². The van der Waals surface area contributed by atoms with E-state index >= 15 is 0 Å². The van der Waals surface area contributed by atoms with Crippen molar-refractivity contribution < 1.29 is 4.79 Å². The zero-order valence-corrected chi connectivity index (χ0v) is 12.9.